The van der Waals surface area contributed by atoms with E-state index in [0.717, 1.165) is 24.8 Å². The molecule has 1 aromatic carbocycles. The lowest BCUT2D eigenvalue weighted by molar-refractivity contribution is -0.122. The van der Waals surface area contributed by atoms with Crippen molar-refractivity contribution in [3.63, 3.8) is 0 Å². The van der Waals surface area contributed by atoms with Crippen LogP contribution in [0.25, 0.3) is 0 Å². The summed E-state index contributed by atoms with van der Waals surface area (Å²) >= 11 is 0. The molecule has 0 saturated heterocycles. The van der Waals surface area contributed by atoms with Crippen LogP contribution in [0.4, 0.5) is 0 Å². The van der Waals surface area contributed by atoms with E-state index in [1.54, 1.807) is 0 Å². The summed E-state index contributed by atoms with van der Waals surface area (Å²) in [6.45, 7) is 0. The molecule has 1 saturated carbocycles. The zero-order chi connectivity index (χ0) is 14.4. The summed E-state index contributed by atoms with van der Waals surface area (Å²) in [5.74, 6) is -0.0229. The number of benzene rings is 1. The van der Waals surface area contributed by atoms with Crippen LogP contribution in [0.2, 0.25) is 0 Å². The molecule has 3 atom stereocenters. The first-order valence-electron chi connectivity index (χ1n) is 7.20. The standard InChI is InChI=1S/C16H21N3O/c17-11-13-7-4-8-15(13)19-16(20)10-9-14(18)12-5-2-1-3-6-12/h1-3,5-6,13-15H,4,7-10,18H2,(H,19,20). The predicted molar refractivity (Wildman–Crippen MR) is 77.5 cm³/mol. The maximum atomic E-state index is 11.9. The monoisotopic (exact) mass is 271 g/mol. The molecule has 4 nitrogen and oxygen atoms in total. The van der Waals surface area contributed by atoms with E-state index < -0.39 is 0 Å². The third kappa shape index (κ3) is 3.82. The highest BCUT2D eigenvalue weighted by Crippen LogP contribution is 2.25. The Labute approximate surface area is 120 Å². The van der Waals surface area contributed by atoms with Crippen LogP contribution in [0, 0.1) is 17.2 Å². The van der Waals surface area contributed by atoms with E-state index in [2.05, 4.69) is 11.4 Å². The molecule has 1 fully saturated rings. The first-order chi connectivity index (χ1) is 9.70. The van der Waals surface area contributed by atoms with E-state index in [0.29, 0.717) is 12.8 Å². The third-order valence-corrected chi connectivity index (χ3v) is 3.94. The molecular formula is C16H21N3O. The number of nitrogens with two attached hydrogens (primary N) is 1. The molecule has 20 heavy (non-hydrogen) atoms. The average molecular weight is 271 g/mol. The van der Waals surface area contributed by atoms with Crippen molar-refractivity contribution in [2.45, 2.75) is 44.2 Å². The van der Waals surface area contributed by atoms with Gasteiger partial charge in [-0.3, -0.25) is 4.79 Å². The van der Waals surface area contributed by atoms with Gasteiger partial charge in [-0.15, -0.1) is 0 Å². The van der Waals surface area contributed by atoms with Crippen LogP contribution in [0.15, 0.2) is 30.3 Å². The summed E-state index contributed by atoms with van der Waals surface area (Å²) in [5, 5.41) is 12.0. The van der Waals surface area contributed by atoms with E-state index in [1.807, 2.05) is 30.3 Å². The molecule has 106 valence electrons. The van der Waals surface area contributed by atoms with Gasteiger partial charge in [0, 0.05) is 18.5 Å². The highest BCUT2D eigenvalue weighted by Gasteiger charge is 2.28. The number of hydrogen-bond donors (Lipinski definition) is 2. The van der Waals surface area contributed by atoms with Crippen molar-refractivity contribution in [1.82, 2.24) is 5.32 Å². The Hall–Kier alpha value is -1.86. The summed E-state index contributed by atoms with van der Waals surface area (Å²) in [6, 6.07) is 12.0. The van der Waals surface area contributed by atoms with Gasteiger partial charge in [-0.05, 0) is 31.2 Å². The van der Waals surface area contributed by atoms with Gasteiger partial charge < -0.3 is 11.1 Å². The number of amides is 1. The molecule has 3 unspecified atom stereocenters. The Bertz CT molecular complexity index is 480. The fourth-order valence-electron chi connectivity index (χ4n) is 2.72. The van der Waals surface area contributed by atoms with E-state index in [9.17, 15) is 4.79 Å². The van der Waals surface area contributed by atoms with Crippen molar-refractivity contribution < 1.29 is 4.79 Å². The van der Waals surface area contributed by atoms with Crippen molar-refractivity contribution in [2.75, 3.05) is 0 Å². The van der Waals surface area contributed by atoms with Gasteiger partial charge >= 0.3 is 0 Å². The summed E-state index contributed by atoms with van der Waals surface area (Å²) in [4.78, 5) is 11.9. The molecule has 1 aliphatic carbocycles. The van der Waals surface area contributed by atoms with Crippen molar-refractivity contribution >= 4 is 5.91 Å². The fraction of sp³-hybridized carbons (Fsp3) is 0.500. The normalized spacial score (nSPS) is 23.0. The second kappa shape index (κ2) is 7.06. The topological polar surface area (TPSA) is 78.9 Å². The molecule has 1 aromatic rings. The number of nitriles is 1. The van der Waals surface area contributed by atoms with Crippen LogP contribution in [-0.2, 0) is 4.79 Å². The maximum absolute atomic E-state index is 11.9. The maximum Gasteiger partial charge on any atom is 0.220 e. The third-order valence-electron chi connectivity index (χ3n) is 3.94. The van der Waals surface area contributed by atoms with Crippen molar-refractivity contribution in [3.8, 4) is 6.07 Å². The minimum Gasteiger partial charge on any atom is -0.352 e. The average Bonchev–Trinajstić information content (AvgIpc) is 2.92. The van der Waals surface area contributed by atoms with Crippen molar-refractivity contribution in [2.24, 2.45) is 11.7 Å². The Morgan fingerprint density at radius 1 is 1.40 bits per heavy atom. The van der Waals surface area contributed by atoms with Gasteiger partial charge in [0.25, 0.3) is 0 Å². The smallest absolute Gasteiger partial charge is 0.220 e. The van der Waals surface area contributed by atoms with Gasteiger partial charge in [-0.25, -0.2) is 0 Å². The molecular weight excluding hydrogens is 250 g/mol. The zero-order valence-corrected chi connectivity index (χ0v) is 11.6. The lowest BCUT2D eigenvalue weighted by Crippen LogP contribution is -2.37. The van der Waals surface area contributed by atoms with Crippen molar-refractivity contribution in [1.29, 1.82) is 5.26 Å². The van der Waals surface area contributed by atoms with Crippen LogP contribution >= 0.6 is 0 Å². The van der Waals surface area contributed by atoms with Gasteiger partial charge in [0.2, 0.25) is 5.91 Å². The summed E-state index contributed by atoms with van der Waals surface area (Å²) in [6.07, 6.45) is 3.86. The Balaban J connectivity index is 1.77. The molecule has 1 aliphatic rings. The molecule has 0 aliphatic heterocycles. The number of rotatable bonds is 5. The molecule has 0 bridgehead atoms. The molecule has 0 radical (unpaired) electrons. The van der Waals surface area contributed by atoms with Crippen LogP contribution < -0.4 is 11.1 Å². The largest absolute Gasteiger partial charge is 0.352 e. The quantitative estimate of drug-likeness (QED) is 0.862. The van der Waals surface area contributed by atoms with E-state index in [1.165, 1.54) is 0 Å². The van der Waals surface area contributed by atoms with Gasteiger partial charge in [0.15, 0.2) is 0 Å². The van der Waals surface area contributed by atoms with Crippen molar-refractivity contribution in [3.05, 3.63) is 35.9 Å². The summed E-state index contributed by atoms with van der Waals surface area (Å²) < 4.78 is 0. The van der Waals surface area contributed by atoms with Gasteiger partial charge in [-0.2, -0.15) is 5.26 Å². The molecule has 0 heterocycles. The van der Waals surface area contributed by atoms with Gasteiger partial charge in [0.1, 0.15) is 0 Å². The van der Waals surface area contributed by atoms with Gasteiger partial charge in [0.05, 0.1) is 12.0 Å². The van der Waals surface area contributed by atoms with Gasteiger partial charge in [-0.1, -0.05) is 30.3 Å². The number of carbonyl (C=O) groups excluding carboxylic acids is 1. The molecule has 3 N–H and O–H groups in total. The highest BCUT2D eigenvalue weighted by molar-refractivity contribution is 5.76. The summed E-state index contributed by atoms with van der Waals surface area (Å²) in [7, 11) is 0. The Morgan fingerprint density at radius 2 is 2.15 bits per heavy atom. The van der Waals surface area contributed by atoms with E-state index in [-0.39, 0.29) is 23.9 Å². The zero-order valence-electron chi connectivity index (χ0n) is 11.6. The minimum absolute atomic E-state index is 0.00327. The Morgan fingerprint density at radius 3 is 2.85 bits per heavy atom. The van der Waals surface area contributed by atoms with Crippen LogP contribution in [-0.4, -0.2) is 11.9 Å². The first-order valence-corrected chi connectivity index (χ1v) is 7.20. The lowest BCUT2D eigenvalue weighted by atomic mass is 10.0. The highest BCUT2D eigenvalue weighted by atomic mass is 16.1. The molecule has 4 heteroatoms. The second-order valence-corrected chi connectivity index (χ2v) is 5.40. The van der Waals surface area contributed by atoms with Crippen LogP contribution in [0.3, 0.4) is 0 Å². The number of nitrogens with one attached hydrogen (secondary N) is 1. The minimum atomic E-state index is -0.114. The lowest BCUT2D eigenvalue weighted by Gasteiger charge is -2.17. The molecule has 0 spiro atoms. The molecule has 2 rings (SSSR count). The number of hydrogen-bond acceptors (Lipinski definition) is 3. The van der Waals surface area contributed by atoms with Crippen LogP contribution in [0.5, 0.6) is 0 Å². The number of carbonyl (C=O) groups is 1. The fourth-order valence-corrected chi connectivity index (χ4v) is 2.72. The Kier molecular flexibility index (Phi) is 5.14. The molecule has 1 amide bonds. The SMILES string of the molecule is N#CC1CCCC1NC(=O)CCC(N)c1ccccc1. The first kappa shape index (κ1) is 14.5. The van der Waals surface area contributed by atoms with Crippen LogP contribution in [0.1, 0.15) is 43.7 Å². The molecule has 0 aromatic heterocycles. The summed E-state index contributed by atoms with van der Waals surface area (Å²) in [5.41, 5.74) is 7.12. The van der Waals surface area contributed by atoms with E-state index >= 15 is 0 Å². The predicted octanol–water partition coefficient (Wildman–Crippen LogP) is 2.28. The van der Waals surface area contributed by atoms with E-state index in [4.69, 9.17) is 11.0 Å². The number of nitrogens with zero attached hydrogens (tertiary/aromatic N) is 1. The second-order valence-electron chi connectivity index (χ2n) is 5.40.